The fourth-order valence-electron chi connectivity index (χ4n) is 3.15. The topological polar surface area (TPSA) is 83.0 Å². The van der Waals surface area contributed by atoms with Crippen molar-refractivity contribution < 1.29 is 13.2 Å². The molecule has 1 atom stereocenters. The Bertz CT molecular complexity index is 728. The van der Waals surface area contributed by atoms with Gasteiger partial charge < -0.3 is 15.0 Å². The normalized spacial score (nSPS) is 17.9. The summed E-state index contributed by atoms with van der Waals surface area (Å²) in [5, 5.41) is 3.35. The van der Waals surface area contributed by atoms with Gasteiger partial charge in [-0.2, -0.15) is 0 Å². The van der Waals surface area contributed by atoms with E-state index in [9.17, 15) is 8.42 Å². The SMILES string of the molecule is CCNC(=NCc1cccc(S(=O)(=O)NCCOC)c1)N1CCCC(C)C1.I. The van der Waals surface area contributed by atoms with Crippen LogP contribution in [0.3, 0.4) is 0 Å². The van der Waals surface area contributed by atoms with Crippen molar-refractivity contribution >= 4 is 40.0 Å². The average molecular weight is 524 g/mol. The summed E-state index contributed by atoms with van der Waals surface area (Å²) < 4.78 is 32.1. The van der Waals surface area contributed by atoms with Crippen molar-refractivity contribution in [3.8, 4) is 0 Å². The third-order valence-electron chi connectivity index (χ3n) is 4.51. The number of likely N-dealkylation sites (tertiary alicyclic amines) is 1. The molecule has 0 bridgehead atoms. The van der Waals surface area contributed by atoms with Gasteiger partial charge in [-0.05, 0) is 43.4 Å². The van der Waals surface area contributed by atoms with E-state index in [0.717, 1.165) is 31.2 Å². The van der Waals surface area contributed by atoms with Crippen LogP contribution < -0.4 is 10.0 Å². The van der Waals surface area contributed by atoms with Gasteiger partial charge >= 0.3 is 0 Å². The molecule has 0 aliphatic carbocycles. The van der Waals surface area contributed by atoms with Crippen molar-refractivity contribution in [2.75, 3.05) is 39.9 Å². The van der Waals surface area contributed by atoms with Crippen LogP contribution in [-0.2, 0) is 21.3 Å². The van der Waals surface area contributed by atoms with Crippen LogP contribution in [0.4, 0.5) is 0 Å². The lowest BCUT2D eigenvalue weighted by atomic mass is 10.0. The van der Waals surface area contributed by atoms with E-state index in [-0.39, 0.29) is 35.4 Å². The predicted molar refractivity (Wildman–Crippen MR) is 124 cm³/mol. The second-order valence-corrected chi connectivity index (χ2v) is 8.67. The minimum absolute atomic E-state index is 0. The summed E-state index contributed by atoms with van der Waals surface area (Å²) in [5.41, 5.74) is 0.866. The van der Waals surface area contributed by atoms with E-state index in [1.54, 1.807) is 18.2 Å². The van der Waals surface area contributed by atoms with E-state index in [2.05, 4.69) is 28.8 Å². The van der Waals surface area contributed by atoms with Gasteiger partial charge in [0, 0.05) is 33.3 Å². The summed E-state index contributed by atoms with van der Waals surface area (Å²) in [6.07, 6.45) is 2.43. The summed E-state index contributed by atoms with van der Waals surface area (Å²) in [6.45, 7) is 8.17. The Balaban J connectivity index is 0.00000392. The number of nitrogens with zero attached hydrogens (tertiary/aromatic N) is 2. The van der Waals surface area contributed by atoms with Gasteiger partial charge in [-0.1, -0.05) is 19.1 Å². The van der Waals surface area contributed by atoms with E-state index in [0.29, 0.717) is 19.1 Å². The smallest absolute Gasteiger partial charge is 0.240 e. The molecule has 7 nitrogen and oxygen atoms in total. The van der Waals surface area contributed by atoms with Gasteiger partial charge in [0.1, 0.15) is 0 Å². The Kier molecular flexibility index (Phi) is 11.3. The van der Waals surface area contributed by atoms with Gasteiger partial charge in [0.05, 0.1) is 18.0 Å². The minimum atomic E-state index is -3.54. The second-order valence-electron chi connectivity index (χ2n) is 6.90. The van der Waals surface area contributed by atoms with Crippen LogP contribution in [0.25, 0.3) is 0 Å². The van der Waals surface area contributed by atoms with Crippen molar-refractivity contribution in [1.29, 1.82) is 0 Å². The number of methoxy groups -OCH3 is 1. The Hall–Kier alpha value is -0.910. The van der Waals surface area contributed by atoms with Crippen LogP contribution in [-0.4, -0.2) is 59.2 Å². The molecular weight excluding hydrogens is 491 g/mol. The van der Waals surface area contributed by atoms with Crippen molar-refractivity contribution in [3.05, 3.63) is 29.8 Å². The second kappa shape index (κ2) is 12.6. The first-order chi connectivity index (χ1) is 13.0. The lowest BCUT2D eigenvalue weighted by Crippen LogP contribution is -2.46. The molecule has 28 heavy (non-hydrogen) atoms. The van der Waals surface area contributed by atoms with Crippen LogP contribution in [0, 0.1) is 5.92 Å². The Morgan fingerprint density at radius 3 is 2.86 bits per heavy atom. The molecule has 0 saturated carbocycles. The fourth-order valence-corrected chi connectivity index (χ4v) is 4.23. The molecule has 0 amide bonds. The summed E-state index contributed by atoms with van der Waals surface area (Å²) in [6, 6.07) is 6.94. The number of nitrogens with one attached hydrogen (secondary N) is 2. The van der Waals surface area contributed by atoms with E-state index >= 15 is 0 Å². The number of rotatable bonds is 8. The van der Waals surface area contributed by atoms with Crippen LogP contribution in [0.1, 0.15) is 32.3 Å². The first kappa shape index (κ1) is 25.1. The zero-order valence-electron chi connectivity index (χ0n) is 17.0. The maximum atomic E-state index is 12.4. The van der Waals surface area contributed by atoms with Crippen molar-refractivity contribution in [3.63, 3.8) is 0 Å². The highest BCUT2D eigenvalue weighted by molar-refractivity contribution is 14.0. The van der Waals surface area contributed by atoms with Crippen molar-refractivity contribution in [2.45, 2.75) is 38.1 Å². The highest BCUT2D eigenvalue weighted by Gasteiger charge is 2.19. The molecule has 160 valence electrons. The highest BCUT2D eigenvalue weighted by atomic mass is 127. The van der Waals surface area contributed by atoms with Crippen LogP contribution >= 0.6 is 24.0 Å². The number of guanidine groups is 1. The highest BCUT2D eigenvalue weighted by Crippen LogP contribution is 2.16. The molecule has 1 aliphatic rings. The zero-order valence-corrected chi connectivity index (χ0v) is 20.1. The van der Waals surface area contributed by atoms with Gasteiger partial charge in [0.25, 0.3) is 0 Å². The lowest BCUT2D eigenvalue weighted by molar-refractivity contribution is 0.204. The molecule has 1 heterocycles. The number of piperidine rings is 1. The molecule has 9 heteroatoms. The Morgan fingerprint density at radius 2 is 2.18 bits per heavy atom. The molecular formula is C19H33IN4O3S. The minimum Gasteiger partial charge on any atom is -0.383 e. The Morgan fingerprint density at radius 1 is 1.39 bits per heavy atom. The average Bonchev–Trinajstić information content (AvgIpc) is 2.65. The molecule has 1 fully saturated rings. The van der Waals surface area contributed by atoms with Crippen molar-refractivity contribution in [2.24, 2.45) is 10.9 Å². The third-order valence-corrected chi connectivity index (χ3v) is 5.97. The molecule has 1 saturated heterocycles. The maximum absolute atomic E-state index is 12.4. The summed E-state index contributed by atoms with van der Waals surface area (Å²) in [7, 11) is -2.00. The van der Waals surface area contributed by atoms with E-state index in [1.165, 1.54) is 20.0 Å². The monoisotopic (exact) mass is 524 g/mol. The fraction of sp³-hybridized carbons (Fsp3) is 0.632. The molecule has 1 aromatic rings. The summed E-state index contributed by atoms with van der Waals surface area (Å²) in [4.78, 5) is 7.29. The predicted octanol–water partition coefficient (Wildman–Crippen LogP) is 2.43. The molecule has 1 unspecified atom stereocenters. The van der Waals surface area contributed by atoms with Crippen LogP contribution in [0.2, 0.25) is 0 Å². The number of hydrogen-bond donors (Lipinski definition) is 2. The van der Waals surface area contributed by atoms with Gasteiger partial charge in [-0.15, -0.1) is 24.0 Å². The molecule has 2 rings (SSSR count). The largest absolute Gasteiger partial charge is 0.383 e. The van der Waals surface area contributed by atoms with Gasteiger partial charge in [-0.25, -0.2) is 18.1 Å². The number of ether oxygens (including phenoxy) is 1. The summed E-state index contributed by atoms with van der Waals surface area (Å²) in [5.74, 6) is 1.56. The van der Waals surface area contributed by atoms with Crippen LogP contribution in [0.15, 0.2) is 34.2 Å². The Labute approximate surface area is 186 Å². The van der Waals surface area contributed by atoms with Gasteiger partial charge in [-0.3, -0.25) is 0 Å². The zero-order chi connectivity index (χ0) is 19.7. The maximum Gasteiger partial charge on any atom is 0.240 e. The number of aliphatic imine (C=N–C) groups is 1. The lowest BCUT2D eigenvalue weighted by Gasteiger charge is -2.33. The standard InChI is InChI=1S/C19H32N4O3S.HI/c1-4-20-19(23-11-6-7-16(2)15-23)21-14-17-8-5-9-18(13-17)27(24,25)22-10-12-26-3;/h5,8-9,13,16,22H,4,6-7,10-12,14-15H2,1-3H3,(H,20,21);1H. The van der Waals surface area contributed by atoms with Gasteiger partial charge in [0.15, 0.2) is 5.96 Å². The molecule has 0 spiro atoms. The number of sulfonamides is 1. The van der Waals surface area contributed by atoms with Crippen molar-refractivity contribution in [1.82, 2.24) is 14.9 Å². The molecule has 1 aliphatic heterocycles. The third kappa shape index (κ3) is 7.84. The first-order valence-electron chi connectivity index (χ1n) is 9.57. The van der Waals surface area contributed by atoms with E-state index < -0.39 is 10.0 Å². The number of hydrogen-bond acceptors (Lipinski definition) is 4. The molecule has 0 radical (unpaired) electrons. The number of benzene rings is 1. The van der Waals surface area contributed by atoms with E-state index in [1.807, 2.05) is 6.07 Å². The first-order valence-corrected chi connectivity index (χ1v) is 11.1. The number of halogens is 1. The van der Waals surface area contributed by atoms with Crippen LogP contribution in [0.5, 0.6) is 0 Å². The quantitative estimate of drug-likeness (QED) is 0.236. The summed E-state index contributed by atoms with van der Waals surface area (Å²) >= 11 is 0. The molecule has 0 aromatic heterocycles. The molecule has 2 N–H and O–H groups in total. The molecule has 1 aromatic carbocycles. The van der Waals surface area contributed by atoms with Gasteiger partial charge in [0.2, 0.25) is 10.0 Å². The van der Waals surface area contributed by atoms with E-state index in [4.69, 9.17) is 9.73 Å².